The Bertz CT molecular complexity index is 634. The van der Waals surface area contributed by atoms with Gasteiger partial charge in [-0.3, -0.25) is 4.79 Å². The molecule has 1 aromatic heterocycles. The van der Waals surface area contributed by atoms with E-state index in [1.165, 1.54) is 24.4 Å². The van der Waals surface area contributed by atoms with Crippen LogP contribution in [0.25, 0.3) is 0 Å². The van der Waals surface area contributed by atoms with Crippen LogP contribution in [0.3, 0.4) is 0 Å². The Morgan fingerprint density at radius 2 is 2.00 bits per heavy atom. The minimum Gasteiger partial charge on any atom is -0.348 e. The summed E-state index contributed by atoms with van der Waals surface area (Å²) in [4.78, 5) is 15.7. The number of carbonyl (C=O) groups is 1. The molecule has 0 saturated heterocycles. The number of nitrogens with one attached hydrogen (secondary N) is 2. The number of nitrogens with zero attached hydrogens (tertiary/aromatic N) is 1. The minimum absolute atomic E-state index is 0.0870. The van der Waals surface area contributed by atoms with Gasteiger partial charge in [0, 0.05) is 18.3 Å². The van der Waals surface area contributed by atoms with E-state index in [1.807, 2.05) is 0 Å². The molecule has 7 heteroatoms. The highest BCUT2D eigenvalue weighted by atomic mass is 19.2. The van der Waals surface area contributed by atoms with Crippen LogP contribution in [0.4, 0.5) is 14.6 Å². The van der Waals surface area contributed by atoms with Gasteiger partial charge in [0.1, 0.15) is 5.82 Å². The van der Waals surface area contributed by atoms with Crippen molar-refractivity contribution in [2.24, 2.45) is 5.84 Å². The molecule has 0 fully saturated rings. The first-order chi connectivity index (χ1) is 9.60. The fourth-order valence-electron chi connectivity index (χ4n) is 1.58. The van der Waals surface area contributed by atoms with Crippen molar-refractivity contribution >= 4 is 11.7 Å². The lowest BCUT2D eigenvalue weighted by atomic mass is 10.2. The van der Waals surface area contributed by atoms with Crippen molar-refractivity contribution in [3.05, 3.63) is 59.3 Å². The molecule has 0 aliphatic carbocycles. The summed E-state index contributed by atoms with van der Waals surface area (Å²) < 4.78 is 25.8. The molecule has 0 aliphatic rings. The molecule has 0 radical (unpaired) electrons. The summed E-state index contributed by atoms with van der Waals surface area (Å²) in [5.74, 6) is 3.31. The van der Waals surface area contributed by atoms with E-state index in [9.17, 15) is 13.6 Å². The Kier molecular flexibility index (Phi) is 4.21. The molecule has 0 saturated carbocycles. The number of anilines is 1. The van der Waals surface area contributed by atoms with Crippen LogP contribution >= 0.6 is 0 Å². The Balaban J connectivity index is 2.02. The van der Waals surface area contributed by atoms with Crippen LogP contribution in [0.5, 0.6) is 0 Å². The molecule has 2 aromatic rings. The quantitative estimate of drug-likeness (QED) is 0.586. The molecule has 1 amide bonds. The second-order valence-electron chi connectivity index (χ2n) is 4.01. The van der Waals surface area contributed by atoms with Gasteiger partial charge in [-0.15, -0.1) is 0 Å². The van der Waals surface area contributed by atoms with Gasteiger partial charge in [-0.05, 0) is 29.8 Å². The molecule has 0 spiro atoms. The van der Waals surface area contributed by atoms with Gasteiger partial charge in [-0.25, -0.2) is 19.6 Å². The molecule has 0 bridgehead atoms. The molecular weight excluding hydrogens is 266 g/mol. The summed E-state index contributed by atoms with van der Waals surface area (Å²) in [6, 6.07) is 6.44. The first-order valence-electron chi connectivity index (χ1n) is 5.75. The summed E-state index contributed by atoms with van der Waals surface area (Å²) in [5, 5.41) is 2.59. The van der Waals surface area contributed by atoms with Crippen molar-refractivity contribution < 1.29 is 13.6 Å². The Morgan fingerprint density at radius 1 is 1.20 bits per heavy atom. The SMILES string of the molecule is NNc1cc(C(=O)NCc2ccc(F)c(F)c2)ccn1. The first-order valence-corrected chi connectivity index (χ1v) is 5.75. The van der Waals surface area contributed by atoms with E-state index in [4.69, 9.17) is 5.84 Å². The number of hydrogen-bond acceptors (Lipinski definition) is 4. The highest BCUT2D eigenvalue weighted by Gasteiger charge is 2.08. The van der Waals surface area contributed by atoms with Gasteiger partial charge < -0.3 is 10.7 Å². The van der Waals surface area contributed by atoms with Gasteiger partial charge >= 0.3 is 0 Å². The van der Waals surface area contributed by atoms with E-state index >= 15 is 0 Å². The molecule has 104 valence electrons. The van der Waals surface area contributed by atoms with E-state index in [1.54, 1.807) is 0 Å². The molecule has 0 atom stereocenters. The number of nitrogen functional groups attached to an aromatic ring is 1. The van der Waals surface area contributed by atoms with Crippen LogP contribution in [-0.2, 0) is 6.54 Å². The third kappa shape index (κ3) is 3.27. The summed E-state index contributed by atoms with van der Waals surface area (Å²) in [6.45, 7) is 0.0870. The van der Waals surface area contributed by atoms with Crippen LogP contribution in [0.15, 0.2) is 36.5 Å². The summed E-state index contributed by atoms with van der Waals surface area (Å²) in [6.07, 6.45) is 1.43. The van der Waals surface area contributed by atoms with Gasteiger partial charge in [0.2, 0.25) is 0 Å². The fourth-order valence-corrected chi connectivity index (χ4v) is 1.58. The minimum atomic E-state index is -0.949. The summed E-state index contributed by atoms with van der Waals surface area (Å²) >= 11 is 0. The first kappa shape index (κ1) is 13.9. The number of hydrazine groups is 1. The highest BCUT2D eigenvalue weighted by Crippen LogP contribution is 2.09. The van der Waals surface area contributed by atoms with Gasteiger partial charge in [0.15, 0.2) is 11.6 Å². The number of halogens is 2. The second-order valence-corrected chi connectivity index (χ2v) is 4.01. The number of carbonyl (C=O) groups excluding carboxylic acids is 1. The maximum atomic E-state index is 13.0. The lowest BCUT2D eigenvalue weighted by Gasteiger charge is -2.07. The van der Waals surface area contributed by atoms with E-state index < -0.39 is 11.6 Å². The monoisotopic (exact) mass is 278 g/mol. The molecule has 4 N–H and O–H groups in total. The van der Waals surface area contributed by atoms with Crippen molar-refractivity contribution in [3.63, 3.8) is 0 Å². The molecule has 0 unspecified atom stereocenters. The van der Waals surface area contributed by atoms with Crippen molar-refractivity contribution in [3.8, 4) is 0 Å². The number of rotatable bonds is 4. The average Bonchev–Trinajstić information content (AvgIpc) is 2.48. The topological polar surface area (TPSA) is 80.0 Å². The van der Waals surface area contributed by atoms with Gasteiger partial charge in [-0.1, -0.05) is 6.07 Å². The van der Waals surface area contributed by atoms with Gasteiger partial charge in [0.05, 0.1) is 0 Å². The smallest absolute Gasteiger partial charge is 0.251 e. The zero-order chi connectivity index (χ0) is 14.5. The average molecular weight is 278 g/mol. The Labute approximate surface area is 113 Å². The third-order valence-electron chi connectivity index (χ3n) is 2.61. The predicted octanol–water partition coefficient (Wildman–Crippen LogP) is 1.58. The number of nitrogens with two attached hydrogens (primary N) is 1. The fraction of sp³-hybridized carbons (Fsp3) is 0.0769. The van der Waals surface area contributed by atoms with Gasteiger partial charge in [0.25, 0.3) is 5.91 Å². The second kappa shape index (κ2) is 6.07. The molecule has 1 aromatic carbocycles. The largest absolute Gasteiger partial charge is 0.348 e. The predicted molar refractivity (Wildman–Crippen MR) is 69.6 cm³/mol. The number of aromatic nitrogens is 1. The molecule has 20 heavy (non-hydrogen) atoms. The van der Waals surface area contributed by atoms with Gasteiger partial charge in [-0.2, -0.15) is 0 Å². The zero-order valence-electron chi connectivity index (χ0n) is 10.4. The number of benzene rings is 1. The van der Waals surface area contributed by atoms with E-state index in [-0.39, 0.29) is 12.5 Å². The van der Waals surface area contributed by atoms with Crippen LogP contribution in [-0.4, -0.2) is 10.9 Å². The van der Waals surface area contributed by atoms with Crippen LogP contribution in [0.2, 0.25) is 0 Å². The van der Waals surface area contributed by atoms with Crippen molar-refractivity contribution in [2.75, 3.05) is 5.43 Å². The van der Waals surface area contributed by atoms with Crippen LogP contribution < -0.4 is 16.6 Å². The Morgan fingerprint density at radius 3 is 2.70 bits per heavy atom. The lowest BCUT2D eigenvalue weighted by molar-refractivity contribution is 0.0951. The standard InChI is InChI=1S/C13H12F2N4O/c14-10-2-1-8(5-11(10)15)7-18-13(20)9-3-4-17-12(6-9)19-16/h1-6H,7,16H2,(H,17,19)(H,18,20). The molecule has 5 nitrogen and oxygen atoms in total. The maximum absolute atomic E-state index is 13.0. The van der Waals surface area contributed by atoms with Crippen molar-refractivity contribution in [2.45, 2.75) is 6.54 Å². The molecule has 0 aliphatic heterocycles. The van der Waals surface area contributed by atoms with Crippen LogP contribution in [0.1, 0.15) is 15.9 Å². The number of pyridine rings is 1. The normalized spacial score (nSPS) is 10.2. The third-order valence-corrected chi connectivity index (χ3v) is 2.61. The molecular formula is C13H12F2N4O. The maximum Gasteiger partial charge on any atom is 0.251 e. The van der Waals surface area contributed by atoms with E-state index in [0.29, 0.717) is 16.9 Å². The summed E-state index contributed by atoms with van der Waals surface area (Å²) in [5.41, 5.74) is 3.15. The molecule has 2 rings (SSSR count). The van der Waals surface area contributed by atoms with Crippen molar-refractivity contribution in [1.82, 2.24) is 10.3 Å². The van der Waals surface area contributed by atoms with E-state index in [0.717, 1.165) is 12.1 Å². The number of amides is 1. The zero-order valence-corrected chi connectivity index (χ0v) is 10.4. The van der Waals surface area contributed by atoms with E-state index in [2.05, 4.69) is 15.7 Å². The molecule has 1 heterocycles. The van der Waals surface area contributed by atoms with Crippen LogP contribution in [0, 0.1) is 11.6 Å². The lowest BCUT2D eigenvalue weighted by Crippen LogP contribution is -2.23. The summed E-state index contributed by atoms with van der Waals surface area (Å²) in [7, 11) is 0. The Hall–Kier alpha value is -2.54. The highest BCUT2D eigenvalue weighted by molar-refractivity contribution is 5.94. The van der Waals surface area contributed by atoms with Crippen molar-refractivity contribution in [1.29, 1.82) is 0 Å². The number of hydrogen-bond donors (Lipinski definition) is 3.